The van der Waals surface area contributed by atoms with Gasteiger partial charge in [-0.05, 0) is 11.8 Å². The Bertz CT molecular complexity index is 229. The summed E-state index contributed by atoms with van der Waals surface area (Å²) in [6.45, 7) is 10.9. The molecule has 0 bridgehead atoms. The first-order valence-electron chi connectivity index (χ1n) is 6.11. The molecule has 0 radical (unpaired) electrons. The Balaban J connectivity index is 2.34. The Morgan fingerprint density at radius 2 is 1.88 bits per heavy atom. The number of rotatable bonds is 2. The fraction of sp³-hybridized carbons (Fsp3) is 0.917. The molecule has 1 N–H and O–H groups in total. The molecular weight excluding hydrogens is 202 g/mol. The van der Waals surface area contributed by atoms with Gasteiger partial charge in [-0.15, -0.1) is 0 Å². The molecule has 4 nitrogen and oxygen atoms in total. The summed E-state index contributed by atoms with van der Waals surface area (Å²) < 4.78 is 0. The number of carbonyl (C=O) groups is 1. The van der Waals surface area contributed by atoms with Crippen molar-refractivity contribution in [2.24, 2.45) is 5.41 Å². The van der Waals surface area contributed by atoms with Gasteiger partial charge in [-0.1, -0.05) is 20.8 Å². The summed E-state index contributed by atoms with van der Waals surface area (Å²) in [6.07, 6.45) is 1.04. The van der Waals surface area contributed by atoms with Crippen LogP contribution in [0.2, 0.25) is 0 Å². The highest BCUT2D eigenvalue weighted by Gasteiger charge is 2.20. The first-order chi connectivity index (χ1) is 7.40. The zero-order valence-electron chi connectivity index (χ0n) is 11.0. The van der Waals surface area contributed by atoms with E-state index in [4.69, 9.17) is 0 Å². The lowest BCUT2D eigenvalue weighted by Crippen LogP contribution is -2.50. The Labute approximate surface area is 99.0 Å². The highest BCUT2D eigenvalue weighted by atomic mass is 16.2. The van der Waals surface area contributed by atoms with Crippen molar-refractivity contribution in [2.45, 2.75) is 27.2 Å². The molecule has 1 rings (SSSR count). The van der Waals surface area contributed by atoms with Crippen LogP contribution in [-0.4, -0.2) is 55.6 Å². The van der Waals surface area contributed by atoms with Crippen LogP contribution in [0.1, 0.15) is 27.2 Å². The van der Waals surface area contributed by atoms with Crippen molar-refractivity contribution in [1.82, 2.24) is 15.1 Å². The van der Waals surface area contributed by atoms with E-state index in [1.165, 1.54) is 0 Å². The average molecular weight is 227 g/mol. The van der Waals surface area contributed by atoms with E-state index >= 15 is 0 Å². The minimum Gasteiger partial charge on any atom is -0.328 e. The van der Waals surface area contributed by atoms with Crippen molar-refractivity contribution in [3.05, 3.63) is 0 Å². The van der Waals surface area contributed by atoms with E-state index in [0.717, 1.165) is 39.1 Å². The average Bonchev–Trinajstić information content (AvgIpc) is 2.25. The van der Waals surface area contributed by atoms with Gasteiger partial charge in [0.05, 0.1) is 0 Å². The van der Waals surface area contributed by atoms with Gasteiger partial charge in [-0.3, -0.25) is 0 Å². The molecule has 0 unspecified atom stereocenters. The Kier molecular flexibility index (Phi) is 4.59. The molecule has 0 aromatic carbocycles. The van der Waals surface area contributed by atoms with Crippen LogP contribution in [0.25, 0.3) is 0 Å². The third-order valence-electron chi connectivity index (χ3n) is 2.91. The summed E-state index contributed by atoms with van der Waals surface area (Å²) in [7, 11) is 1.90. The molecule has 4 heteroatoms. The van der Waals surface area contributed by atoms with Gasteiger partial charge >= 0.3 is 6.03 Å². The summed E-state index contributed by atoms with van der Waals surface area (Å²) in [4.78, 5) is 15.8. The second-order valence-electron chi connectivity index (χ2n) is 5.75. The van der Waals surface area contributed by atoms with Crippen LogP contribution in [0.5, 0.6) is 0 Å². The largest absolute Gasteiger partial charge is 0.328 e. The van der Waals surface area contributed by atoms with Gasteiger partial charge in [-0.2, -0.15) is 0 Å². The van der Waals surface area contributed by atoms with Gasteiger partial charge < -0.3 is 15.1 Å². The zero-order chi connectivity index (χ0) is 12.2. The smallest absolute Gasteiger partial charge is 0.319 e. The Hall–Kier alpha value is -0.770. The highest BCUT2D eigenvalue weighted by Crippen LogP contribution is 2.18. The van der Waals surface area contributed by atoms with Crippen LogP contribution in [0.3, 0.4) is 0 Å². The first-order valence-corrected chi connectivity index (χ1v) is 6.11. The molecule has 0 aliphatic carbocycles. The summed E-state index contributed by atoms with van der Waals surface area (Å²) in [5, 5.41) is 3.25. The van der Waals surface area contributed by atoms with E-state index in [2.05, 4.69) is 26.1 Å². The standard InChI is InChI=1S/C12H25N3O/c1-12(2,3)5-8-14(4)11(16)15-9-6-13-7-10-15/h13H,5-10H2,1-4H3. The van der Waals surface area contributed by atoms with Crippen LogP contribution in [-0.2, 0) is 0 Å². The molecule has 94 valence electrons. The van der Waals surface area contributed by atoms with Crippen molar-refractivity contribution in [1.29, 1.82) is 0 Å². The number of amides is 2. The lowest BCUT2D eigenvalue weighted by Gasteiger charge is -2.32. The number of urea groups is 1. The molecule has 16 heavy (non-hydrogen) atoms. The minimum absolute atomic E-state index is 0.172. The van der Waals surface area contributed by atoms with Crippen molar-refractivity contribution in [3.63, 3.8) is 0 Å². The van der Waals surface area contributed by atoms with Crippen molar-refractivity contribution >= 4 is 6.03 Å². The molecule has 1 saturated heterocycles. The molecule has 1 aliphatic heterocycles. The van der Waals surface area contributed by atoms with Gasteiger partial charge in [0.25, 0.3) is 0 Å². The lowest BCUT2D eigenvalue weighted by molar-refractivity contribution is 0.151. The van der Waals surface area contributed by atoms with Crippen LogP contribution in [0.4, 0.5) is 4.79 Å². The SMILES string of the molecule is CN(CCC(C)(C)C)C(=O)N1CCNCC1. The molecular formula is C12H25N3O. The topological polar surface area (TPSA) is 35.6 Å². The maximum absolute atomic E-state index is 12.0. The Morgan fingerprint density at radius 3 is 2.38 bits per heavy atom. The number of carbonyl (C=O) groups excluding carboxylic acids is 1. The second-order valence-corrected chi connectivity index (χ2v) is 5.75. The highest BCUT2D eigenvalue weighted by molar-refractivity contribution is 5.74. The summed E-state index contributed by atoms with van der Waals surface area (Å²) in [6, 6.07) is 0.172. The van der Waals surface area contributed by atoms with Crippen molar-refractivity contribution < 1.29 is 4.79 Å². The van der Waals surface area contributed by atoms with E-state index in [1.807, 2.05) is 16.8 Å². The van der Waals surface area contributed by atoms with Gasteiger partial charge in [0.2, 0.25) is 0 Å². The molecule has 1 aliphatic rings. The van der Waals surface area contributed by atoms with Gasteiger partial charge in [0, 0.05) is 39.8 Å². The van der Waals surface area contributed by atoms with Crippen LogP contribution in [0, 0.1) is 5.41 Å². The normalized spacial score (nSPS) is 17.4. The van der Waals surface area contributed by atoms with Crippen LogP contribution in [0.15, 0.2) is 0 Å². The quantitative estimate of drug-likeness (QED) is 0.773. The van der Waals surface area contributed by atoms with E-state index in [-0.39, 0.29) is 11.4 Å². The monoisotopic (exact) mass is 227 g/mol. The molecule has 1 fully saturated rings. The summed E-state index contributed by atoms with van der Waals surface area (Å²) in [5.74, 6) is 0. The van der Waals surface area contributed by atoms with Crippen LogP contribution >= 0.6 is 0 Å². The molecule has 0 spiro atoms. The fourth-order valence-electron chi connectivity index (χ4n) is 1.70. The number of nitrogens with one attached hydrogen (secondary N) is 1. The lowest BCUT2D eigenvalue weighted by atomic mass is 9.92. The van der Waals surface area contributed by atoms with Crippen molar-refractivity contribution in [3.8, 4) is 0 Å². The molecule has 0 atom stereocenters. The van der Waals surface area contributed by atoms with E-state index < -0.39 is 0 Å². The predicted molar refractivity (Wildman–Crippen MR) is 66.5 cm³/mol. The van der Waals surface area contributed by atoms with Gasteiger partial charge in [0.1, 0.15) is 0 Å². The van der Waals surface area contributed by atoms with Crippen LogP contribution < -0.4 is 5.32 Å². The minimum atomic E-state index is 0.172. The van der Waals surface area contributed by atoms with Gasteiger partial charge in [-0.25, -0.2) is 4.79 Å². The second kappa shape index (κ2) is 5.53. The predicted octanol–water partition coefficient (Wildman–Crippen LogP) is 1.38. The third-order valence-corrected chi connectivity index (χ3v) is 2.91. The summed E-state index contributed by atoms with van der Waals surface area (Å²) >= 11 is 0. The van der Waals surface area contributed by atoms with Crippen molar-refractivity contribution in [2.75, 3.05) is 39.8 Å². The van der Waals surface area contributed by atoms with E-state index in [1.54, 1.807) is 0 Å². The number of piperazine rings is 1. The Morgan fingerprint density at radius 1 is 1.31 bits per heavy atom. The third kappa shape index (κ3) is 4.39. The first kappa shape index (κ1) is 13.3. The maximum Gasteiger partial charge on any atom is 0.319 e. The molecule has 2 amide bonds. The molecule has 0 aromatic rings. The number of hydrogen-bond donors (Lipinski definition) is 1. The molecule has 1 heterocycles. The zero-order valence-corrected chi connectivity index (χ0v) is 11.0. The molecule has 0 aromatic heterocycles. The fourth-order valence-corrected chi connectivity index (χ4v) is 1.70. The number of nitrogens with zero attached hydrogens (tertiary/aromatic N) is 2. The van der Waals surface area contributed by atoms with E-state index in [0.29, 0.717) is 0 Å². The molecule has 0 saturated carbocycles. The van der Waals surface area contributed by atoms with E-state index in [9.17, 15) is 4.79 Å². The maximum atomic E-state index is 12.0. The van der Waals surface area contributed by atoms with Gasteiger partial charge in [0.15, 0.2) is 0 Å². The summed E-state index contributed by atoms with van der Waals surface area (Å²) in [5.41, 5.74) is 0.290. The number of hydrogen-bond acceptors (Lipinski definition) is 2.